The van der Waals surface area contributed by atoms with E-state index in [2.05, 4.69) is 84.4 Å². The Balaban J connectivity index is 1.36. The number of nitrogens with one attached hydrogen (secondary N) is 1. The molecule has 1 unspecified atom stereocenters. The average molecular weight is 561 g/mol. The van der Waals surface area contributed by atoms with Gasteiger partial charge >= 0.3 is 0 Å². The third-order valence-electron chi connectivity index (χ3n) is 9.35. The number of fused-ring (bicyclic) bond motifs is 1. The Hall–Kier alpha value is -3.54. The predicted molar refractivity (Wildman–Crippen MR) is 173 cm³/mol. The van der Waals surface area contributed by atoms with E-state index < -0.39 is 0 Å². The van der Waals surface area contributed by atoms with E-state index in [9.17, 15) is 4.79 Å². The van der Waals surface area contributed by atoms with E-state index >= 15 is 0 Å². The Labute approximate surface area is 251 Å². The van der Waals surface area contributed by atoms with E-state index in [1.807, 2.05) is 24.3 Å². The first-order valence-corrected chi connectivity index (χ1v) is 15.8. The highest BCUT2D eigenvalue weighted by molar-refractivity contribution is 6.09. The van der Waals surface area contributed by atoms with Crippen LogP contribution in [0.2, 0.25) is 0 Å². The number of carbonyl (C=O) groups is 1. The summed E-state index contributed by atoms with van der Waals surface area (Å²) in [5.41, 5.74) is 8.19. The zero-order valence-electron chi connectivity index (χ0n) is 25.4. The monoisotopic (exact) mass is 560 g/mol. The highest BCUT2D eigenvalue weighted by atomic mass is 16.1. The number of pyridine rings is 1. The maximum Gasteiger partial charge on any atom is 0.252 e. The van der Waals surface area contributed by atoms with Crippen molar-refractivity contribution in [1.29, 1.82) is 0 Å². The summed E-state index contributed by atoms with van der Waals surface area (Å²) in [7, 11) is 0. The molecule has 5 heteroatoms. The van der Waals surface area contributed by atoms with Crippen molar-refractivity contribution in [3.05, 3.63) is 101 Å². The minimum atomic E-state index is -0.113. The van der Waals surface area contributed by atoms with Gasteiger partial charge in [0.1, 0.15) is 0 Å². The first-order valence-electron chi connectivity index (χ1n) is 15.8. The predicted octanol–water partition coefficient (Wildman–Crippen LogP) is 7.46. The van der Waals surface area contributed by atoms with Gasteiger partial charge < -0.3 is 10.2 Å². The standard InChI is InChI=1S/C37H44N4O/c1-26-16-17-31(27(2)24-26)28(3)38-37(42)35-32-14-8-9-15-34(32)39-36(29-12-6-4-7-13-29)33(35)25-40-22-18-30(19-23-40)41-20-10-5-11-21-41/h4,6-9,12-17,24,28,30H,5,10-11,18-23,25H2,1-3H3,(H,38,42). The molecule has 1 atom stereocenters. The second-order valence-corrected chi connectivity index (χ2v) is 12.4. The largest absolute Gasteiger partial charge is 0.345 e. The van der Waals surface area contributed by atoms with Crippen LogP contribution in [0.1, 0.15) is 77.7 Å². The van der Waals surface area contributed by atoms with Gasteiger partial charge in [-0.25, -0.2) is 4.98 Å². The van der Waals surface area contributed by atoms with Crippen LogP contribution in [0.3, 0.4) is 0 Å². The van der Waals surface area contributed by atoms with Crippen molar-refractivity contribution < 1.29 is 4.79 Å². The Kier molecular flexibility index (Phi) is 8.68. The second-order valence-electron chi connectivity index (χ2n) is 12.4. The fourth-order valence-electron chi connectivity index (χ4n) is 7.11. The van der Waals surface area contributed by atoms with Gasteiger partial charge in [0.05, 0.1) is 22.8 Å². The zero-order chi connectivity index (χ0) is 29.1. The van der Waals surface area contributed by atoms with E-state index in [-0.39, 0.29) is 11.9 Å². The lowest BCUT2D eigenvalue weighted by Gasteiger charge is -2.40. The summed E-state index contributed by atoms with van der Waals surface area (Å²) in [6.07, 6.45) is 6.42. The fourth-order valence-corrected chi connectivity index (χ4v) is 7.11. The Morgan fingerprint density at radius 3 is 2.36 bits per heavy atom. The molecule has 2 aliphatic rings. The van der Waals surface area contributed by atoms with Crippen LogP contribution in [0.5, 0.6) is 0 Å². The summed E-state index contributed by atoms with van der Waals surface area (Å²) in [6.45, 7) is 11.6. The molecule has 218 valence electrons. The van der Waals surface area contributed by atoms with Crippen molar-refractivity contribution in [1.82, 2.24) is 20.1 Å². The Bertz CT molecular complexity index is 1530. The molecular formula is C37H44N4O. The molecular weight excluding hydrogens is 516 g/mol. The number of carbonyl (C=O) groups excluding carboxylic acids is 1. The topological polar surface area (TPSA) is 48.5 Å². The van der Waals surface area contributed by atoms with Gasteiger partial charge in [-0.2, -0.15) is 0 Å². The van der Waals surface area contributed by atoms with Gasteiger partial charge in [0, 0.05) is 29.1 Å². The smallest absolute Gasteiger partial charge is 0.252 e. The van der Waals surface area contributed by atoms with E-state index in [1.165, 1.54) is 56.3 Å². The molecule has 1 aromatic heterocycles. The third-order valence-corrected chi connectivity index (χ3v) is 9.35. The van der Waals surface area contributed by atoms with Crippen molar-refractivity contribution in [2.45, 2.75) is 71.5 Å². The van der Waals surface area contributed by atoms with Gasteiger partial charge in [0.25, 0.3) is 5.91 Å². The van der Waals surface area contributed by atoms with Crippen molar-refractivity contribution in [2.24, 2.45) is 0 Å². The van der Waals surface area contributed by atoms with Crippen LogP contribution in [0.15, 0.2) is 72.8 Å². The van der Waals surface area contributed by atoms with Gasteiger partial charge in [-0.15, -0.1) is 0 Å². The molecule has 1 N–H and O–H groups in total. The molecule has 2 saturated heterocycles. The molecule has 0 aliphatic carbocycles. The molecule has 0 saturated carbocycles. The zero-order valence-corrected chi connectivity index (χ0v) is 25.4. The van der Waals surface area contributed by atoms with Gasteiger partial charge in [-0.3, -0.25) is 9.69 Å². The first kappa shape index (κ1) is 28.6. The number of benzene rings is 3. The minimum absolute atomic E-state index is 0.0311. The summed E-state index contributed by atoms with van der Waals surface area (Å²) in [4.78, 5) is 24.8. The first-order chi connectivity index (χ1) is 20.5. The van der Waals surface area contributed by atoms with Crippen LogP contribution < -0.4 is 5.32 Å². The number of aromatic nitrogens is 1. The highest BCUT2D eigenvalue weighted by Crippen LogP contribution is 2.33. The van der Waals surface area contributed by atoms with Gasteiger partial charge in [0.2, 0.25) is 0 Å². The molecule has 2 fully saturated rings. The van der Waals surface area contributed by atoms with E-state index in [0.29, 0.717) is 6.04 Å². The molecule has 5 nitrogen and oxygen atoms in total. The van der Waals surface area contributed by atoms with Crippen LogP contribution in [-0.2, 0) is 6.54 Å². The summed E-state index contributed by atoms with van der Waals surface area (Å²) in [5.74, 6) is -0.0311. The molecule has 3 aromatic carbocycles. The number of aryl methyl sites for hydroxylation is 2. The summed E-state index contributed by atoms with van der Waals surface area (Å²) >= 11 is 0. The minimum Gasteiger partial charge on any atom is -0.345 e. The van der Waals surface area contributed by atoms with Crippen LogP contribution >= 0.6 is 0 Å². The van der Waals surface area contributed by atoms with E-state index in [4.69, 9.17) is 4.98 Å². The Morgan fingerprint density at radius 2 is 1.62 bits per heavy atom. The molecule has 42 heavy (non-hydrogen) atoms. The normalized spacial score (nSPS) is 17.8. The van der Waals surface area contributed by atoms with Crippen LogP contribution in [-0.4, -0.2) is 52.9 Å². The molecule has 0 bridgehead atoms. The third kappa shape index (κ3) is 6.13. The molecule has 1 amide bonds. The van der Waals surface area contributed by atoms with Crippen molar-refractivity contribution in [3.8, 4) is 11.3 Å². The van der Waals surface area contributed by atoms with E-state index in [0.717, 1.165) is 58.5 Å². The van der Waals surface area contributed by atoms with Crippen molar-refractivity contribution >= 4 is 16.8 Å². The number of hydrogen-bond donors (Lipinski definition) is 1. The van der Waals surface area contributed by atoms with Gasteiger partial charge in [0.15, 0.2) is 0 Å². The van der Waals surface area contributed by atoms with Crippen LogP contribution in [0.25, 0.3) is 22.2 Å². The maximum atomic E-state index is 14.4. The molecule has 6 rings (SSSR count). The van der Waals surface area contributed by atoms with Crippen LogP contribution in [0, 0.1) is 13.8 Å². The number of likely N-dealkylation sites (tertiary alicyclic amines) is 2. The lowest BCUT2D eigenvalue weighted by Crippen LogP contribution is -2.46. The Morgan fingerprint density at radius 1 is 0.905 bits per heavy atom. The molecule has 4 aromatic rings. The lowest BCUT2D eigenvalue weighted by molar-refractivity contribution is 0.0883. The molecule has 0 radical (unpaired) electrons. The number of amides is 1. The fraction of sp³-hybridized carbons (Fsp3) is 0.405. The summed E-state index contributed by atoms with van der Waals surface area (Å²) < 4.78 is 0. The highest BCUT2D eigenvalue weighted by Gasteiger charge is 2.29. The SMILES string of the molecule is Cc1ccc(C(C)NC(=O)c2c(CN3CCC(N4CCCCC4)CC3)c(-c3ccccc3)nc3ccccc23)c(C)c1. The van der Waals surface area contributed by atoms with Crippen LogP contribution in [0.4, 0.5) is 0 Å². The van der Waals surface area contributed by atoms with E-state index in [1.54, 1.807) is 0 Å². The number of para-hydroxylation sites is 1. The quantitative estimate of drug-likeness (QED) is 0.255. The number of nitrogens with zero attached hydrogens (tertiary/aromatic N) is 3. The van der Waals surface area contributed by atoms with Crippen molar-refractivity contribution in [3.63, 3.8) is 0 Å². The maximum absolute atomic E-state index is 14.4. The summed E-state index contributed by atoms with van der Waals surface area (Å²) in [6, 6.07) is 25.5. The second kappa shape index (κ2) is 12.8. The molecule has 3 heterocycles. The lowest BCUT2D eigenvalue weighted by atomic mass is 9.93. The van der Waals surface area contributed by atoms with Gasteiger partial charge in [-0.05, 0) is 89.8 Å². The summed E-state index contributed by atoms with van der Waals surface area (Å²) in [5, 5.41) is 4.30. The number of hydrogen-bond acceptors (Lipinski definition) is 4. The molecule has 0 spiro atoms. The van der Waals surface area contributed by atoms with Crippen molar-refractivity contribution in [2.75, 3.05) is 26.2 Å². The number of piperidine rings is 2. The molecule has 2 aliphatic heterocycles. The van der Waals surface area contributed by atoms with Gasteiger partial charge in [-0.1, -0.05) is 78.7 Å². The number of rotatable bonds is 7. The average Bonchev–Trinajstić information content (AvgIpc) is 3.01.